The lowest BCUT2D eigenvalue weighted by molar-refractivity contribution is -0.116. The van der Waals surface area contributed by atoms with Crippen LogP contribution >= 0.6 is 0 Å². The van der Waals surface area contributed by atoms with Crippen LogP contribution in [0, 0.1) is 0 Å². The molecular weight excluding hydrogens is 480 g/mol. The fraction of sp³-hybridized carbons (Fsp3) is 0.333. The zero-order valence-electron chi connectivity index (χ0n) is 22.4. The van der Waals surface area contributed by atoms with Gasteiger partial charge in [0.15, 0.2) is 8.32 Å². The normalized spacial score (nSPS) is 11.7. The maximum absolute atomic E-state index is 12.5. The Kier molecular flexibility index (Phi) is 9.29. The standard InChI is InChI=1S/C30H38N2O4Si/c1-30(2,3)37(4,5)36-21-23-14-17-25(18-15-23)31-28(33)13-9-10-22-16-19-26(24-11-7-6-8-12-24)27(20-22)32-29(34)35/h6-8,11-12,14-20,32H,9-10,13,21H2,1-5H3,(H,31,33)(H,34,35). The molecule has 2 amide bonds. The van der Waals surface area contributed by atoms with E-state index in [4.69, 9.17) is 4.43 Å². The summed E-state index contributed by atoms with van der Waals surface area (Å²) in [6.45, 7) is 11.7. The highest BCUT2D eigenvalue weighted by Crippen LogP contribution is 2.37. The molecule has 0 spiro atoms. The summed E-state index contributed by atoms with van der Waals surface area (Å²) >= 11 is 0. The number of amides is 2. The molecule has 0 radical (unpaired) electrons. The van der Waals surface area contributed by atoms with E-state index in [0.29, 0.717) is 31.6 Å². The van der Waals surface area contributed by atoms with Crippen molar-refractivity contribution in [1.29, 1.82) is 0 Å². The van der Waals surface area contributed by atoms with Crippen molar-refractivity contribution in [3.63, 3.8) is 0 Å². The lowest BCUT2D eigenvalue weighted by Gasteiger charge is -2.36. The van der Waals surface area contributed by atoms with Gasteiger partial charge < -0.3 is 14.8 Å². The van der Waals surface area contributed by atoms with E-state index in [1.165, 1.54) is 0 Å². The summed E-state index contributed by atoms with van der Waals surface area (Å²) in [5, 5.41) is 14.9. The smallest absolute Gasteiger partial charge is 0.409 e. The van der Waals surface area contributed by atoms with E-state index in [0.717, 1.165) is 27.9 Å². The quantitative estimate of drug-likeness (QED) is 0.238. The summed E-state index contributed by atoms with van der Waals surface area (Å²) in [4.78, 5) is 23.8. The third-order valence-corrected chi connectivity index (χ3v) is 11.4. The summed E-state index contributed by atoms with van der Waals surface area (Å²) in [5.74, 6) is -0.0462. The van der Waals surface area contributed by atoms with Crippen molar-refractivity contribution in [2.45, 2.75) is 64.8 Å². The van der Waals surface area contributed by atoms with Gasteiger partial charge in [0.2, 0.25) is 5.91 Å². The fourth-order valence-corrected chi connectivity index (χ4v) is 4.64. The van der Waals surface area contributed by atoms with Crippen molar-refractivity contribution in [2.24, 2.45) is 0 Å². The second-order valence-electron chi connectivity index (χ2n) is 10.8. The highest BCUT2D eigenvalue weighted by atomic mass is 28.4. The Balaban J connectivity index is 1.52. The van der Waals surface area contributed by atoms with E-state index in [-0.39, 0.29) is 10.9 Å². The van der Waals surface area contributed by atoms with E-state index in [9.17, 15) is 14.7 Å². The SMILES string of the molecule is CC(C)(C)[Si](C)(C)OCc1ccc(NC(=O)CCCc2ccc(-c3ccccc3)c(NC(=O)O)c2)cc1. The van der Waals surface area contributed by atoms with Crippen LogP contribution in [0.4, 0.5) is 16.2 Å². The highest BCUT2D eigenvalue weighted by Gasteiger charge is 2.36. The maximum atomic E-state index is 12.5. The lowest BCUT2D eigenvalue weighted by Crippen LogP contribution is -2.40. The number of hydrogen-bond acceptors (Lipinski definition) is 3. The molecule has 3 N–H and O–H groups in total. The van der Waals surface area contributed by atoms with Crippen LogP contribution < -0.4 is 10.6 Å². The van der Waals surface area contributed by atoms with Gasteiger partial charge in [0.1, 0.15) is 0 Å². The number of carbonyl (C=O) groups excluding carboxylic acids is 1. The molecule has 0 fully saturated rings. The molecule has 3 aromatic carbocycles. The number of carboxylic acid groups (broad SMARTS) is 1. The second-order valence-corrected chi connectivity index (χ2v) is 15.6. The van der Waals surface area contributed by atoms with Gasteiger partial charge in [-0.2, -0.15) is 0 Å². The molecule has 3 rings (SSSR count). The van der Waals surface area contributed by atoms with Crippen LogP contribution in [0.15, 0.2) is 72.8 Å². The van der Waals surface area contributed by atoms with E-state index in [1.807, 2.05) is 72.8 Å². The van der Waals surface area contributed by atoms with Gasteiger partial charge in [-0.3, -0.25) is 10.1 Å². The molecule has 37 heavy (non-hydrogen) atoms. The number of aryl methyl sites for hydroxylation is 1. The molecular formula is C30H38N2O4Si. The number of hydrogen-bond donors (Lipinski definition) is 3. The molecule has 196 valence electrons. The first-order valence-electron chi connectivity index (χ1n) is 12.7. The summed E-state index contributed by atoms with van der Waals surface area (Å²) in [6.07, 6.45) is 0.589. The van der Waals surface area contributed by atoms with E-state index in [2.05, 4.69) is 44.5 Å². The predicted octanol–water partition coefficient (Wildman–Crippen LogP) is 7.93. The molecule has 3 aromatic rings. The Morgan fingerprint density at radius 3 is 2.16 bits per heavy atom. The van der Waals surface area contributed by atoms with Crippen LogP contribution in [0.2, 0.25) is 18.1 Å². The van der Waals surface area contributed by atoms with Crippen molar-refractivity contribution in [1.82, 2.24) is 0 Å². The average Bonchev–Trinajstić information content (AvgIpc) is 2.83. The minimum atomic E-state index is -1.81. The molecule has 0 aliphatic carbocycles. The number of nitrogens with one attached hydrogen (secondary N) is 2. The number of rotatable bonds is 10. The molecule has 0 saturated carbocycles. The lowest BCUT2D eigenvalue weighted by atomic mass is 9.99. The summed E-state index contributed by atoms with van der Waals surface area (Å²) in [5.41, 5.74) is 5.13. The van der Waals surface area contributed by atoms with Crippen LogP contribution in [0.3, 0.4) is 0 Å². The number of carbonyl (C=O) groups is 2. The monoisotopic (exact) mass is 518 g/mol. The van der Waals surface area contributed by atoms with Gasteiger partial charge in [-0.05, 0) is 65.9 Å². The molecule has 0 aliphatic rings. The zero-order valence-corrected chi connectivity index (χ0v) is 23.4. The fourth-order valence-electron chi connectivity index (χ4n) is 3.68. The van der Waals surface area contributed by atoms with Crippen molar-refractivity contribution in [2.75, 3.05) is 10.6 Å². The number of anilines is 2. The van der Waals surface area contributed by atoms with Crippen molar-refractivity contribution in [3.05, 3.63) is 83.9 Å². The molecule has 0 aromatic heterocycles. The summed E-state index contributed by atoms with van der Waals surface area (Å²) < 4.78 is 6.27. The van der Waals surface area contributed by atoms with Crippen molar-refractivity contribution in [3.8, 4) is 11.1 Å². The maximum Gasteiger partial charge on any atom is 0.409 e. The minimum Gasteiger partial charge on any atom is -0.465 e. The minimum absolute atomic E-state index is 0.0462. The Labute approximate surface area is 221 Å². The van der Waals surface area contributed by atoms with Crippen LogP contribution in [0.25, 0.3) is 11.1 Å². The molecule has 0 atom stereocenters. The Hall–Kier alpha value is -3.42. The van der Waals surface area contributed by atoms with Gasteiger partial charge >= 0.3 is 6.09 Å². The predicted molar refractivity (Wildman–Crippen MR) is 154 cm³/mol. The Morgan fingerprint density at radius 1 is 0.892 bits per heavy atom. The van der Waals surface area contributed by atoms with Gasteiger partial charge in [-0.25, -0.2) is 4.79 Å². The average molecular weight is 519 g/mol. The summed E-state index contributed by atoms with van der Waals surface area (Å²) in [7, 11) is -1.81. The Bertz CT molecular complexity index is 1200. The third kappa shape index (κ3) is 8.30. The molecule has 0 saturated heterocycles. The first-order chi connectivity index (χ1) is 17.4. The Morgan fingerprint density at radius 2 is 1.54 bits per heavy atom. The van der Waals surface area contributed by atoms with Crippen LogP contribution in [-0.2, 0) is 22.2 Å². The van der Waals surface area contributed by atoms with Crippen molar-refractivity contribution < 1.29 is 19.1 Å². The summed E-state index contributed by atoms with van der Waals surface area (Å²) in [6, 6.07) is 23.2. The van der Waals surface area contributed by atoms with E-state index < -0.39 is 14.4 Å². The van der Waals surface area contributed by atoms with Gasteiger partial charge in [-0.1, -0.05) is 75.4 Å². The first-order valence-corrected chi connectivity index (χ1v) is 15.6. The van der Waals surface area contributed by atoms with Gasteiger partial charge in [-0.15, -0.1) is 0 Å². The first kappa shape index (κ1) is 28.2. The zero-order chi connectivity index (χ0) is 27.1. The molecule has 0 unspecified atom stereocenters. The number of benzene rings is 3. The van der Waals surface area contributed by atoms with Crippen molar-refractivity contribution >= 4 is 31.7 Å². The molecule has 0 bridgehead atoms. The van der Waals surface area contributed by atoms with Crippen LogP contribution in [0.5, 0.6) is 0 Å². The highest BCUT2D eigenvalue weighted by molar-refractivity contribution is 6.74. The van der Waals surface area contributed by atoms with Gasteiger partial charge in [0.05, 0.1) is 12.3 Å². The second kappa shape index (κ2) is 12.2. The van der Waals surface area contributed by atoms with E-state index in [1.54, 1.807) is 0 Å². The largest absolute Gasteiger partial charge is 0.465 e. The molecule has 6 nitrogen and oxygen atoms in total. The van der Waals surface area contributed by atoms with E-state index >= 15 is 0 Å². The topological polar surface area (TPSA) is 87.7 Å². The third-order valence-electron chi connectivity index (χ3n) is 6.92. The van der Waals surface area contributed by atoms with Crippen LogP contribution in [0.1, 0.15) is 44.7 Å². The van der Waals surface area contributed by atoms with Gasteiger partial charge in [0, 0.05) is 17.7 Å². The molecule has 0 aliphatic heterocycles. The molecule has 7 heteroatoms. The van der Waals surface area contributed by atoms with Crippen LogP contribution in [-0.4, -0.2) is 25.4 Å². The van der Waals surface area contributed by atoms with Gasteiger partial charge in [0.25, 0.3) is 0 Å². The molecule has 0 heterocycles.